The van der Waals surface area contributed by atoms with E-state index < -0.39 is 16.0 Å². The Hall–Kier alpha value is -3.46. The molecule has 0 saturated carbocycles. The van der Waals surface area contributed by atoms with Gasteiger partial charge in [-0.1, -0.05) is 18.2 Å². The van der Waals surface area contributed by atoms with E-state index in [9.17, 15) is 13.2 Å². The number of benzene rings is 2. The molecule has 0 aliphatic rings. The number of carbonyl (C=O) groups excluding carboxylic acids is 1. The number of carbonyl (C=O) groups is 1. The number of hydrogen-bond acceptors (Lipinski definition) is 7. The maximum absolute atomic E-state index is 12.7. The van der Waals surface area contributed by atoms with E-state index in [1.54, 1.807) is 24.3 Å². The van der Waals surface area contributed by atoms with E-state index in [-0.39, 0.29) is 22.0 Å². The Balaban J connectivity index is 1.87. The van der Waals surface area contributed by atoms with Crippen LogP contribution in [0.25, 0.3) is 0 Å². The number of rotatable bonds is 6. The van der Waals surface area contributed by atoms with Crippen molar-refractivity contribution in [2.75, 3.05) is 11.8 Å². The second-order valence-corrected chi connectivity index (χ2v) is 6.92. The summed E-state index contributed by atoms with van der Waals surface area (Å²) < 4.78 is 38.1. The van der Waals surface area contributed by atoms with Crippen molar-refractivity contribution in [1.82, 2.24) is 9.97 Å². The van der Waals surface area contributed by atoms with Crippen LogP contribution in [0.2, 0.25) is 0 Å². The molecule has 8 nitrogen and oxygen atoms in total. The lowest BCUT2D eigenvalue weighted by molar-refractivity contribution is 0.0596. The largest absolute Gasteiger partial charge is 0.465 e. The van der Waals surface area contributed by atoms with E-state index in [2.05, 4.69) is 19.4 Å². The zero-order valence-corrected chi connectivity index (χ0v) is 15.0. The van der Waals surface area contributed by atoms with Gasteiger partial charge in [0.2, 0.25) is 5.88 Å². The molecule has 1 aromatic heterocycles. The van der Waals surface area contributed by atoms with Gasteiger partial charge in [-0.2, -0.15) is 0 Å². The van der Waals surface area contributed by atoms with Crippen LogP contribution in [0.3, 0.4) is 0 Å². The fourth-order valence-electron chi connectivity index (χ4n) is 2.27. The van der Waals surface area contributed by atoms with Gasteiger partial charge in [-0.05, 0) is 24.3 Å². The highest BCUT2D eigenvalue weighted by Gasteiger charge is 2.22. The molecule has 0 fully saturated rings. The summed E-state index contributed by atoms with van der Waals surface area (Å²) in [5.41, 5.74) is 0.204. The van der Waals surface area contributed by atoms with E-state index in [4.69, 9.17) is 4.74 Å². The Labute approximate surface area is 155 Å². The molecule has 27 heavy (non-hydrogen) atoms. The summed E-state index contributed by atoms with van der Waals surface area (Å²) in [6.45, 7) is 0. The summed E-state index contributed by atoms with van der Waals surface area (Å²) in [6.07, 6.45) is 4.42. The quantitative estimate of drug-likeness (QED) is 0.650. The minimum absolute atomic E-state index is 0.0561. The second-order valence-electron chi connectivity index (χ2n) is 5.27. The fraction of sp³-hybridized carbons (Fsp3) is 0.0556. The molecule has 0 aliphatic carbocycles. The van der Waals surface area contributed by atoms with Gasteiger partial charge in [0, 0.05) is 18.5 Å². The maximum Gasteiger partial charge on any atom is 0.339 e. The van der Waals surface area contributed by atoms with E-state index in [1.807, 2.05) is 0 Å². The number of anilines is 1. The molecule has 0 aliphatic heterocycles. The topological polar surface area (TPSA) is 107 Å². The second kappa shape index (κ2) is 7.83. The van der Waals surface area contributed by atoms with Crippen molar-refractivity contribution < 1.29 is 22.7 Å². The monoisotopic (exact) mass is 385 g/mol. The van der Waals surface area contributed by atoms with Crippen LogP contribution >= 0.6 is 0 Å². The minimum atomic E-state index is -4.02. The first kappa shape index (κ1) is 18.3. The number of sulfonamides is 1. The number of nitrogens with one attached hydrogen (secondary N) is 1. The molecule has 3 aromatic rings. The molecule has 2 aromatic carbocycles. The smallest absolute Gasteiger partial charge is 0.339 e. The van der Waals surface area contributed by atoms with Crippen LogP contribution in [0, 0.1) is 0 Å². The van der Waals surface area contributed by atoms with Gasteiger partial charge in [-0.25, -0.2) is 18.2 Å². The first-order valence-electron chi connectivity index (χ1n) is 7.74. The predicted molar refractivity (Wildman–Crippen MR) is 97.1 cm³/mol. The molecule has 0 atom stereocenters. The zero-order chi connectivity index (χ0) is 19.3. The average Bonchev–Trinajstić information content (AvgIpc) is 2.68. The average molecular weight is 385 g/mol. The highest BCUT2D eigenvalue weighted by molar-refractivity contribution is 7.92. The molecule has 0 bridgehead atoms. The molecule has 0 amide bonds. The van der Waals surface area contributed by atoms with Gasteiger partial charge >= 0.3 is 5.97 Å². The SMILES string of the molecule is COC(=O)c1ccccc1S(=O)(=O)Nc1cccc(Oc2cnccn2)c1. The van der Waals surface area contributed by atoms with Crippen molar-refractivity contribution in [2.45, 2.75) is 4.90 Å². The molecule has 1 heterocycles. The molecular weight excluding hydrogens is 370 g/mol. The van der Waals surface area contributed by atoms with Crippen molar-refractivity contribution in [2.24, 2.45) is 0 Å². The van der Waals surface area contributed by atoms with Gasteiger partial charge in [-0.15, -0.1) is 0 Å². The van der Waals surface area contributed by atoms with Crippen LogP contribution in [0.15, 0.2) is 72.0 Å². The molecule has 9 heteroatoms. The molecule has 138 valence electrons. The van der Waals surface area contributed by atoms with Crippen LogP contribution in [0.4, 0.5) is 5.69 Å². The van der Waals surface area contributed by atoms with Crippen molar-refractivity contribution in [3.63, 3.8) is 0 Å². The molecule has 0 radical (unpaired) electrons. The summed E-state index contributed by atoms with van der Waals surface area (Å²) in [7, 11) is -2.84. The third kappa shape index (κ3) is 4.39. The van der Waals surface area contributed by atoms with Gasteiger partial charge in [0.25, 0.3) is 10.0 Å². The normalized spacial score (nSPS) is 10.9. The van der Waals surface area contributed by atoms with Gasteiger partial charge < -0.3 is 9.47 Å². The van der Waals surface area contributed by atoms with Crippen molar-refractivity contribution >= 4 is 21.7 Å². The number of aromatic nitrogens is 2. The van der Waals surface area contributed by atoms with E-state index in [0.29, 0.717) is 5.75 Å². The number of hydrogen-bond donors (Lipinski definition) is 1. The Morgan fingerprint density at radius 2 is 1.89 bits per heavy atom. The third-order valence-electron chi connectivity index (χ3n) is 3.43. The predicted octanol–water partition coefficient (Wildman–Crippen LogP) is 2.86. The Bertz CT molecular complexity index is 1060. The molecular formula is C18H15N3O5S. The van der Waals surface area contributed by atoms with Gasteiger partial charge in [0.05, 0.1) is 24.6 Å². The first-order chi connectivity index (χ1) is 13.0. The zero-order valence-electron chi connectivity index (χ0n) is 14.2. The minimum Gasteiger partial charge on any atom is -0.465 e. The van der Waals surface area contributed by atoms with E-state index >= 15 is 0 Å². The Morgan fingerprint density at radius 1 is 1.07 bits per heavy atom. The number of methoxy groups -OCH3 is 1. The fourth-order valence-corrected chi connectivity index (χ4v) is 3.52. The molecule has 3 rings (SSSR count). The summed E-state index contributed by atoms with van der Waals surface area (Å²) in [5.74, 6) is -0.0961. The Morgan fingerprint density at radius 3 is 2.63 bits per heavy atom. The van der Waals surface area contributed by atoms with Gasteiger partial charge in [-0.3, -0.25) is 9.71 Å². The van der Waals surface area contributed by atoms with Gasteiger partial charge in [0.1, 0.15) is 10.6 Å². The summed E-state index contributed by atoms with van der Waals surface area (Å²) in [6, 6.07) is 12.1. The molecule has 1 N–H and O–H groups in total. The van der Waals surface area contributed by atoms with Crippen molar-refractivity contribution in [3.05, 3.63) is 72.7 Å². The van der Waals surface area contributed by atoms with Crippen molar-refractivity contribution in [1.29, 1.82) is 0 Å². The summed E-state index contributed by atoms with van der Waals surface area (Å²) in [4.78, 5) is 19.5. The maximum atomic E-state index is 12.7. The standard InChI is InChI=1S/C18H15N3O5S/c1-25-18(22)15-7-2-3-8-16(15)27(23,24)21-13-5-4-6-14(11-13)26-17-12-19-9-10-20-17/h2-12,21H,1H3. The summed E-state index contributed by atoms with van der Waals surface area (Å²) >= 11 is 0. The molecule has 0 unspecified atom stereocenters. The van der Waals surface area contributed by atoms with E-state index in [1.165, 1.54) is 50.0 Å². The molecule has 0 saturated heterocycles. The number of nitrogens with zero attached hydrogens (tertiary/aromatic N) is 2. The lowest BCUT2D eigenvalue weighted by Gasteiger charge is -2.12. The van der Waals surface area contributed by atoms with Gasteiger partial charge in [0.15, 0.2) is 0 Å². The molecule has 0 spiro atoms. The van der Waals surface area contributed by atoms with Crippen LogP contribution in [0.5, 0.6) is 11.6 Å². The first-order valence-corrected chi connectivity index (χ1v) is 9.22. The van der Waals surface area contributed by atoms with Crippen LogP contribution in [-0.4, -0.2) is 31.5 Å². The van der Waals surface area contributed by atoms with Crippen LogP contribution in [0.1, 0.15) is 10.4 Å². The Kier molecular flexibility index (Phi) is 5.32. The number of esters is 1. The van der Waals surface area contributed by atoms with Crippen molar-refractivity contribution in [3.8, 4) is 11.6 Å². The highest BCUT2D eigenvalue weighted by Crippen LogP contribution is 2.25. The van der Waals surface area contributed by atoms with Crippen LogP contribution < -0.4 is 9.46 Å². The van der Waals surface area contributed by atoms with Crippen LogP contribution in [-0.2, 0) is 14.8 Å². The highest BCUT2D eigenvalue weighted by atomic mass is 32.2. The number of ether oxygens (including phenoxy) is 2. The third-order valence-corrected chi connectivity index (χ3v) is 4.87. The lowest BCUT2D eigenvalue weighted by Crippen LogP contribution is -2.17. The summed E-state index contributed by atoms with van der Waals surface area (Å²) in [5, 5.41) is 0. The van der Waals surface area contributed by atoms with E-state index in [0.717, 1.165) is 0 Å². The lowest BCUT2D eigenvalue weighted by atomic mass is 10.2.